The summed E-state index contributed by atoms with van der Waals surface area (Å²) in [5.41, 5.74) is 51.9. The number of carbonyl (C=O) groups excluding carboxylic acids is 7. The normalized spacial score (nSPS) is 14.5. The monoisotopic (exact) mass is 1040 g/mol. The van der Waals surface area contributed by atoms with Crippen molar-refractivity contribution < 1.29 is 43.5 Å². The Hall–Kier alpha value is -4.60. The molecule has 7 amide bonds. The van der Waals surface area contributed by atoms with Gasteiger partial charge in [-0.1, -0.05) is 6.42 Å². The Morgan fingerprint density at radius 2 is 0.425 bits per heavy atom. The third kappa shape index (κ3) is 31.7. The van der Waals surface area contributed by atoms with E-state index >= 15 is 0 Å². The van der Waals surface area contributed by atoms with E-state index in [4.69, 9.17) is 51.6 Å². The van der Waals surface area contributed by atoms with Crippen molar-refractivity contribution >= 4 is 47.3 Å². The minimum atomic E-state index is -1.24. The molecule has 0 rings (SSSR count). The first-order valence-electron chi connectivity index (χ1n) is 26.8. The van der Waals surface area contributed by atoms with E-state index in [1.807, 2.05) is 0 Å². The Morgan fingerprint density at radius 3 is 0.616 bits per heavy atom. The van der Waals surface area contributed by atoms with Crippen LogP contribution in [0, 0.1) is 0 Å². The van der Waals surface area contributed by atoms with Crippen molar-refractivity contribution in [2.45, 2.75) is 202 Å². The van der Waals surface area contributed by atoms with Gasteiger partial charge in [-0.2, -0.15) is 0 Å². The number of nitrogens with one attached hydrogen (secondary N) is 7. The fraction of sp³-hybridized carbons (Fsp3) is 0.833. The quantitative estimate of drug-likeness (QED) is 0.0267. The molecule has 0 bridgehead atoms. The largest absolute Gasteiger partial charge is 0.480 e. The van der Waals surface area contributed by atoms with Crippen LogP contribution in [-0.2, 0) is 38.4 Å². The van der Waals surface area contributed by atoms with Gasteiger partial charge in [-0.05, 0) is 200 Å². The van der Waals surface area contributed by atoms with Gasteiger partial charge in [-0.3, -0.25) is 33.6 Å². The number of amides is 7. The lowest BCUT2D eigenvalue weighted by molar-refractivity contribution is -0.142. The zero-order valence-corrected chi connectivity index (χ0v) is 43.7. The number of carboxylic acid groups (broad SMARTS) is 1. The molecule has 25 heteroatoms. The molecule has 0 aliphatic carbocycles. The van der Waals surface area contributed by atoms with Gasteiger partial charge in [0, 0.05) is 0 Å². The second-order valence-corrected chi connectivity index (χ2v) is 18.6. The molecule has 0 saturated carbocycles. The van der Waals surface area contributed by atoms with Gasteiger partial charge in [-0.25, -0.2) is 4.79 Å². The van der Waals surface area contributed by atoms with Crippen LogP contribution in [0.3, 0.4) is 0 Å². The maximum Gasteiger partial charge on any atom is 0.326 e. The molecule has 0 aromatic carbocycles. The number of hydrogen-bond donors (Lipinski definition) is 17. The molecular weight excluding hydrogens is 945 g/mol. The highest BCUT2D eigenvalue weighted by Crippen LogP contribution is 2.12. The average Bonchev–Trinajstić information content (AvgIpc) is 3.36. The van der Waals surface area contributed by atoms with Crippen molar-refractivity contribution in [1.82, 2.24) is 37.2 Å². The van der Waals surface area contributed by atoms with Crippen molar-refractivity contribution in [2.24, 2.45) is 51.6 Å². The second-order valence-electron chi connectivity index (χ2n) is 18.6. The lowest BCUT2D eigenvalue weighted by Crippen LogP contribution is -2.60. The zero-order valence-electron chi connectivity index (χ0n) is 43.7. The maximum atomic E-state index is 14.3. The number of unbranched alkanes of at least 4 members (excludes halogenated alkanes) is 8. The molecule has 0 aliphatic heterocycles. The molecule has 0 heterocycles. The number of carboxylic acids is 1. The van der Waals surface area contributed by atoms with Crippen molar-refractivity contribution in [1.29, 1.82) is 0 Å². The molecule has 0 saturated heterocycles. The summed E-state index contributed by atoms with van der Waals surface area (Å²) in [6, 6.07) is -9.08. The molecule has 8 atom stereocenters. The summed E-state index contributed by atoms with van der Waals surface area (Å²) >= 11 is 0. The lowest BCUT2D eigenvalue weighted by atomic mass is 10.0. The fourth-order valence-corrected chi connectivity index (χ4v) is 7.87. The molecule has 25 nitrogen and oxygen atoms in total. The van der Waals surface area contributed by atoms with Gasteiger partial charge in [0.25, 0.3) is 0 Å². The van der Waals surface area contributed by atoms with Gasteiger partial charge in [0.05, 0.1) is 6.04 Å². The zero-order chi connectivity index (χ0) is 54.8. The third-order valence-electron chi connectivity index (χ3n) is 12.3. The molecule has 0 spiro atoms. The predicted octanol–water partition coefficient (Wildman–Crippen LogP) is -3.18. The molecular formula is C48H98N16O9. The summed E-state index contributed by atoms with van der Waals surface area (Å²) in [6.45, 7) is 2.71. The Kier molecular flexibility index (Phi) is 41.0. The third-order valence-corrected chi connectivity index (χ3v) is 12.3. The number of carbonyl (C=O) groups is 8. The summed E-state index contributed by atoms with van der Waals surface area (Å²) in [6.07, 6.45) is 9.39. The molecule has 0 unspecified atom stereocenters. The fourth-order valence-electron chi connectivity index (χ4n) is 7.87. The summed E-state index contributed by atoms with van der Waals surface area (Å²) < 4.78 is 0. The summed E-state index contributed by atoms with van der Waals surface area (Å²) in [7, 11) is 0. The highest BCUT2D eigenvalue weighted by Gasteiger charge is 2.34. The van der Waals surface area contributed by atoms with Gasteiger partial charge in [0.15, 0.2) is 0 Å². The van der Waals surface area contributed by atoms with Crippen LogP contribution < -0.4 is 88.8 Å². The standard InChI is InChI=1S/C48H98N16O9/c49-25-9-1-17-33(57)41(65)58-34(18-2-10-26-50)42(66)59-35(19-3-11-27-51)43(67)60-36(20-4-12-28-52)44(68)61-37(21-5-13-29-53)45(69)62-38(22-6-14-30-54)46(70)63-39(23-7-15-31-55)47(71)64-40(48(72)73)24-8-16-32-56/h33-40H,1-32,49-57H2,(H,58,65)(H,59,66)(H,60,67)(H,61,68)(H,62,69)(H,63,70)(H,64,71)(H,72,73)/t33-,34-,35-,36-,37-,38-,39-,40-/m0/s1. The first-order chi connectivity index (χ1) is 35.1. The van der Waals surface area contributed by atoms with Crippen LogP contribution in [0.25, 0.3) is 0 Å². The number of nitrogens with two attached hydrogens (primary N) is 9. The van der Waals surface area contributed by atoms with Gasteiger partial charge < -0.3 is 93.9 Å². The number of hydrogen-bond acceptors (Lipinski definition) is 17. The molecule has 0 aliphatic rings. The van der Waals surface area contributed by atoms with Crippen LogP contribution in [-0.4, -0.2) is 153 Å². The number of aliphatic carboxylic acids is 1. The molecule has 424 valence electrons. The highest BCUT2D eigenvalue weighted by atomic mass is 16.4. The molecule has 0 aromatic heterocycles. The Bertz CT molecular complexity index is 1570. The van der Waals surface area contributed by atoms with E-state index in [-0.39, 0.29) is 44.9 Å². The van der Waals surface area contributed by atoms with E-state index in [1.165, 1.54) is 0 Å². The molecule has 26 N–H and O–H groups in total. The SMILES string of the molecule is NCCCC[C@H](NC(=O)[C@H](CCCCN)NC(=O)[C@H](CCCCN)NC(=O)[C@H](CCCCN)NC(=O)[C@H](CCCCN)NC(=O)[C@H](CCCCN)NC(=O)[C@H](CCCCN)NC(=O)[C@@H](N)CCCCN)C(=O)O. The van der Waals surface area contributed by atoms with Crippen LogP contribution in [0.1, 0.15) is 154 Å². The Balaban J connectivity index is 6.74. The van der Waals surface area contributed by atoms with Crippen LogP contribution in [0.5, 0.6) is 0 Å². The first-order valence-corrected chi connectivity index (χ1v) is 26.8. The number of rotatable bonds is 47. The van der Waals surface area contributed by atoms with Crippen molar-refractivity contribution in [2.75, 3.05) is 52.4 Å². The molecule has 73 heavy (non-hydrogen) atoms. The van der Waals surface area contributed by atoms with Crippen molar-refractivity contribution in [3.8, 4) is 0 Å². The van der Waals surface area contributed by atoms with Crippen molar-refractivity contribution in [3.63, 3.8) is 0 Å². The summed E-state index contributed by atoms with van der Waals surface area (Å²) in [5.74, 6) is -5.90. The average molecular weight is 1040 g/mol. The first kappa shape index (κ1) is 68.4. The lowest BCUT2D eigenvalue weighted by Gasteiger charge is -2.28. The summed E-state index contributed by atoms with van der Waals surface area (Å²) in [4.78, 5) is 110. The molecule has 0 aromatic rings. The van der Waals surface area contributed by atoms with E-state index < -0.39 is 95.7 Å². The van der Waals surface area contributed by atoms with Gasteiger partial charge in [0.1, 0.15) is 42.3 Å². The van der Waals surface area contributed by atoms with Gasteiger partial charge in [-0.15, -0.1) is 0 Å². The van der Waals surface area contributed by atoms with Crippen LogP contribution >= 0.6 is 0 Å². The van der Waals surface area contributed by atoms with E-state index in [9.17, 15) is 43.5 Å². The molecule has 0 fully saturated rings. The predicted molar refractivity (Wildman–Crippen MR) is 282 cm³/mol. The van der Waals surface area contributed by atoms with E-state index in [0.29, 0.717) is 162 Å². The van der Waals surface area contributed by atoms with Gasteiger partial charge in [0.2, 0.25) is 41.4 Å². The van der Waals surface area contributed by atoms with Gasteiger partial charge >= 0.3 is 5.97 Å². The minimum Gasteiger partial charge on any atom is -0.480 e. The highest BCUT2D eigenvalue weighted by molar-refractivity contribution is 5.97. The minimum absolute atomic E-state index is 0.103. The smallest absolute Gasteiger partial charge is 0.326 e. The van der Waals surface area contributed by atoms with Crippen LogP contribution in [0.4, 0.5) is 0 Å². The van der Waals surface area contributed by atoms with Crippen LogP contribution in [0.2, 0.25) is 0 Å². The van der Waals surface area contributed by atoms with Crippen molar-refractivity contribution in [3.05, 3.63) is 0 Å². The van der Waals surface area contributed by atoms with E-state index in [0.717, 1.165) is 0 Å². The Morgan fingerprint density at radius 1 is 0.260 bits per heavy atom. The second kappa shape index (κ2) is 43.8. The molecule has 0 radical (unpaired) electrons. The van der Waals surface area contributed by atoms with Crippen LogP contribution in [0.15, 0.2) is 0 Å². The summed E-state index contributed by atoms with van der Waals surface area (Å²) in [5, 5.41) is 29.0. The topological polar surface area (TPSA) is 475 Å². The van der Waals surface area contributed by atoms with E-state index in [1.54, 1.807) is 0 Å². The maximum absolute atomic E-state index is 14.3. The Labute approximate surface area is 433 Å². The van der Waals surface area contributed by atoms with E-state index in [2.05, 4.69) is 37.2 Å².